The first-order valence-corrected chi connectivity index (χ1v) is 5.67. The number of carbonyl (C=O) groups excluding carboxylic acids is 1. The maximum Gasteiger partial charge on any atom is 0.258 e. The zero-order valence-corrected chi connectivity index (χ0v) is 10.3. The Morgan fingerprint density at radius 1 is 1.24 bits per heavy atom. The summed E-state index contributed by atoms with van der Waals surface area (Å²) in [6.07, 6.45) is 1.60. The second kappa shape index (κ2) is 4.97. The minimum absolute atomic E-state index is 0.158. The number of phenolic OH excluding ortho intramolecular Hbond substituents is 1. The van der Waals surface area contributed by atoms with Crippen molar-refractivity contribution in [2.75, 3.05) is 5.32 Å². The average Bonchev–Trinajstić information content (AvgIpc) is 2.32. The fraction of sp³-hybridized carbons (Fsp3) is 0. The third kappa shape index (κ3) is 2.82. The zero-order chi connectivity index (χ0) is 12.3. The van der Waals surface area contributed by atoms with Gasteiger partial charge in [0.15, 0.2) is 0 Å². The van der Waals surface area contributed by atoms with Crippen molar-refractivity contribution in [3.05, 3.63) is 52.8 Å². The Morgan fingerprint density at radius 2 is 1.94 bits per heavy atom. The van der Waals surface area contributed by atoms with Crippen LogP contribution in [0.1, 0.15) is 10.4 Å². The van der Waals surface area contributed by atoms with E-state index in [0.717, 1.165) is 0 Å². The van der Waals surface area contributed by atoms with Gasteiger partial charge in [-0.2, -0.15) is 0 Å². The Hall–Kier alpha value is -1.88. The van der Waals surface area contributed by atoms with Crippen molar-refractivity contribution in [1.82, 2.24) is 4.98 Å². The second-order valence-electron chi connectivity index (χ2n) is 3.34. The molecule has 0 fully saturated rings. The molecule has 0 spiro atoms. The summed E-state index contributed by atoms with van der Waals surface area (Å²) in [6, 6.07) is 9.63. The van der Waals surface area contributed by atoms with Crippen LogP contribution in [0.25, 0.3) is 0 Å². The molecule has 86 valence electrons. The number of carbonyl (C=O) groups is 1. The van der Waals surface area contributed by atoms with Gasteiger partial charge in [0.1, 0.15) is 10.4 Å². The van der Waals surface area contributed by atoms with E-state index in [0.29, 0.717) is 15.9 Å². The van der Waals surface area contributed by atoms with Gasteiger partial charge in [-0.15, -0.1) is 0 Å². The molecular weight excluding hydrogens is 284 g/mol. The van der Waals surface area contributed by atoms with Gasteiger partial charge < -0.3 is 10.4 Å². The summed E-state index contributed by atoms with van der Waals surface area (Å²) in [5.74, 6) is -0.0961. The monoisotopic (exact) mass is 292 g/mol. The molecule has 5 heteroatoms. The summed E-state index contributed by atoms with van der Waals surface area (Å²) < 4.78 is 0.497. The fourth-order valence-corrected chi connectivity index (χ4v) is 1.73. The topological polar surface area (TPSA) is 62.2 Å². The molecule has 17 heavy (non-hydrogen) atoms. The van der Waals surface area contributed by atoms with Gasteiger partial charge in [-0.25, -0.2) is 4.98 Å². The number of anilines is 1. The van der Waals surface area contributed by atoms with E-state index >= 15 is 0 Å². The molecule has 0 atom stereocenters. The highest BCUT2D eigenvalue weighted by molar-refractivity contribution is 9.10. The highest BCUT2D eigenvalue weighted by atomic mass is 79.9. The summed E-state index contributed by atoms with van der Waals surface area (Å²) in [5, 5.41) is 11.8. The molecule has 0 bridgehead atoms. The van der Waals surface area contributed by atoms with E-state index in [2.05, 4.69) is 26.2 Å². The van der Waals surface area contributed by atoms with Crippen molar-refractivity contribution in [2.24, 2.45) is 0 Å². The van der Waals surface area contributed by atoms with Crippen LogP contribution in [0.4, 0.5) is 5.69 Å². The standard InChI is InChI=1S/C12H9BrN2O2/c13-11-10(2-1-7-14-11)12(17)15-8-3-5-9(16)6-4-8/h1-7,16H,(H,15,17). The molecule has 1 aromatic heterocycles. The Bertz CT molecular complexity index is 540. The minimum Gasteiger partial charge on any atom is -0.508 e. The molecule has 1 heterocycles. The summed E-state index contributed by atoms with van der Waals surface area (Å²) >= 11 is 3.21. The third-order valence-corrected chi connectivity index (χ3v) is 2.76. The first-order chi connectivity index (χ1) is 8.16. The van der Waals surface area contributed by atoms with Crippen LogP contribution in [0.2, 0.25) is 0 Å². The van der Waals surface area contributed by atoms with Crippen LogP contribution in [-0.2, 0) is 0 Å². The van der Waals surface area contributed by atoms with Gasteiger partial charge in [-0.3, -0.25) is 4.79 Å². The van der Waals surface area contributed by atoms with Crippen molar-refractivity contribution in [3.8, 4) is 5.75 Å². The Morgan fingerprint density at radius 3 is 2.59 bits per heavy atom. The maximum absolute atomic E-state index is 11.9. The van der Waals surface area contributed by atoms with Gasteiger partial charge in [0.2, 0.25) is 0 Å². The van der Waals surface area contributed by atoms with E-state index in [-0.39, 0.29) is 11.7 Å². The van der Waals surface area contributed by atoms with Crippen LogP contribution in [0.3, 0.4) is 0 Å². The highest BCUT2D eigenvalue weighted by Gasteiger charge is 2.10. The predicted octanol–water partition coefficient (Wildman–Crippen LogP) is 2.80. The van der Waals surface area contributed by atoms with E-state index in [4.69, 9.17) is 5.11 Å². The van der Waals surface area contributed by atoms with Crippen LogP contribution in [-0.4, -0.2) is 16.0 Å². The molecule has 0 unspecified atom stereocenters. The maximum atomic E-state index is 11.9. The van der Waals surface area contributed by atoms with Crippen LogP contribution in [0.5, 0.6) is 5.75 Å². The molecule has 1 amide bonds. The zero-order valence-electron chi connectivity index (χ0n) is 8.72. The molecular formula is C12H9BrN2O2. The first-order valence-electron chi connectivity index (χ1n) is 4.88. The number of hydrogen-bond acceptors (Lipinski definition) is 3. The average molecular weight is 293 g/mol. The quantitative estimate of drug-likeness (QED) is 0.661. The normalized spacial score (nSPS) is 9.94. The number of nitrogens with one attached hydrogen (secondary N) is 1. The third-order valence-electron chi connectivity index (χ3n) is 2.13. The summed E-state index contributed by atoms with van der Waals surface area (Å²) in [7, 11) is 0. The minimum atomic E-state index is -0.254. The van der Waals surface area contributed by atoms with Gasteiger partial charge in [0, 0.05) is 11.9 Å². The molecule has 0 saturated carbocycles. The van der Waals surface area contributed by atoms with Crippen molar-refractivity contribution in [3.63, 3.8) is 0 Å². The second-order valence-corrected chi connectivity index (χ2v) is 4.09. The SMILES string of the molecule is O=C(Nc1ccc(O)cc1)c1cccnc1Br. The molecule has 2 N–H and O–H groups in total. The van der Waals surface area contributed by atoms with Crippen molar-refractivity contribution >= 4 is 27.5 Å². The predicted molar refractivity (Wildman–Crippen MR) is 68.0 cm³/mol. The number of halogens is 1. The lowest BCUT2D eigenvalue weighted by molar-refractivity contribution is 0.102. The van der Waals surface area contributed by atoms with E-state index in [9.17, 15) is 4.79 Å². The number of nitrogens with zero attached hydrogens (tertiary/aromatic N) is 1. The summed E-state index contributed by atoms with van der Waals surface area (Å²) in [4.78, 5) is 15.8. The number of rotatable bonds is 2. The summed E-state index contributed by atoms with van der Waals surface area (Å²) in [6.45, 7) is 0. The van der Waals surface area contributed by atoms with Crippen molar-refractivity contribution < 1.29 is 9.90 Å². The van der Waals surface area contributed by atoms with Crippen LogP contribution in [0.15, 0.2) is 47.2 Å². The molecule has 1 aromatic carbocycles. The van der Waals surface area contributed by atoms with Gasteiger partial charge in [-0.05, 0) is 52.3 Å². The van der Waals surface area contributed by atoms with Crippen molar-refractivity contribution in [1.29, 1.82) is 0 Å². The Kier molecular flexibility index (Phi) is 3.39. The molecule has 4 nitrogen and oxygen atoms in total. The Labute approximate surface area is 106 Å². The number of benzene rings is 1. The number of pyridine rings is 1. The number of aromatic hydroxyl groups is 1. The molecule has 0 aliphatic heterocycles. The molecule has 0 aliphatic carbocycles. The first kappa shape index (κ1) is 11.6. The number of phenols is 1. The Balaban J connectivity index is 2.17. The van der Waals surface area contributed by atoms with Crippen LogP contribution >= 0.6 is 15.9 Å². The molecule has 0 saturated heterocycles. The molecule has 0 aliphatic rings. The lowest BCUT2D eigenvalue weighted by atomic mass is 10.2. The van der Waals surface area contributed by atoms with E-state index < -0.39 is 0 Å². The summed E-state index contributed by atoms with van der Waals surface area (Å²) in [5.41, 5.74) is 1.07. The number of hydrogen-bond donors (Lipinski definition) is 2. The van der Waals surface area contributed by atoms with Crippen molar-refractivity contribution in [2.45, 2.75) is 0 Å². The van der Waals surface area contributed by atoms with Gasteiger partial charge in [-0.1, -0.05) is 0 Å². The highest BCUT2D eigenvalue weighted by Crippen LogP contribution is 2.17. The molecule has 2 rings (SSSR count). The largest absolute Gasteiger partial charge is 0.508 e. The lowest BCUT2D eigenvalue weighted by Crippen LogP contribution is -2.12. The van der Waals surface area contributed by atoms with Gasteiger partial charge in [0.05, 0.1) is 5.56 Å². The van der Waals surface area contributed by atoms with E-state index in [1.165, 1.54) is 12.1 Å². The van der Waals surface area contributed by atoms with Crippen LogP contribution in [0, 0.1) is 0 Å². The lowest BCUT2D eigenvalue weighted by Gasteiger charge is -2.06. The van der Waals surface area contributed by atoms with E-state index in [1.807, 2.05) is 0 Å². The fourth-order valence-electron chi connectivity index (χ4n) is 1.30. The smallest absolute Gasteiger partial charge is 0.258 e. The van der Waals surface area contributed by atoms with Crippen LogP contribution < -0.4 is 5.32 Å². The van der Waals surface area contributed by atoms with E-state index in [1.54, 1.807) is 30.5 Å². The molecule has 0 radical (unpaired) electrons. The van der Waals surface area contributed by atoms with Gasteiger partial charge >= 0.3 is 0 Å². The number of aromatic nitrogens is 1. The van der Waals surface area contributed by atoms with Gasteiger partial charge in [0.25, 0.3) is 5.91 Å². The molecule has 2 aromatic rings. The number of amides is 1.